The molecule has 2 aromatic carbocycles. The molecule has 1 aliphatic rings. The molecule has 0 aromatic heterocycles. The molecule has 20 heavy (non-hydrogen) atoms. The van der Waals surface area contributed by atoms with E-state index >= 15 is 0 Å². The maximum Gasteiger partial charge on any atom is 0.123 e. The van der Waals surface area contributed by atoms with Gasteiger partial charge in [-0.05, 0) is 36.2 Å². The Morgan fingerprint density at radius 3 is 2.85 bits per heavy atom. The second-order valence-electron chi connectivity index (χ2n) is 5.24. The number of benzene rings is 2. The number of rotatable bonds is 4. The van der Waals surface area contributed by atoms with Crippen LogP contribution < -0.4 is 10.1 Å². The first kappa shape index (κ1) is 13.7. The van der Waals surface area contributed by atoms with E-state index in [1.807, 2.05) is 18.2 Å². The van der Waals surface area contributed by atoms with Crippen molar-refractivity contribution in [2.45, 2.75) is 25.5 Å². The van der Waals surface area contributed by atoms with Crippen LogP contribution in [0.4, 0.5) is 0 Å². The smallest absolute Gasteiger partial charge is 0.123 e. The van der Waals surface area contributed by atoms with Crippen LogP contribution >= 0.6 is 15.9 Å². The van der Waals surface area contributed by atoms with E-state index in [4.69, 9.17) is 4.74 Å². The molecule has 1 heterocycles. The third-order valence-electron chi connectivity index (χ3n) is 3.72. The minimum atomic E-state index is 0.227. The van der Waals surface area contributed by atoms with Crippen molar-refractivity contribution in [1.82, 2.24) is 5.32 Å². The summed E-state index contributed by atoms with van der Waals surface area (Å²) in [7, 11) is 0. The number of halogens is 1. The van der Waals surface area contributed by atoms with E-state index in [0.29, 0.717) is 6.04 Å². The summed E-state index contributed by atoms with van der Waals surface area (Å²) in [5.41, 5.74) is 2.60. The van der Waals surface area contributed by atoms with Gasteiger partial charge in [0.05, 0.1) is 0 Å². The van der Waals surface area contributed by atoms with Crippen molar-refractivity contribution < 1.29 is 4.74 Å². The van der Waals surface area contributed by atoms with Crippen LogP contribution in [-0.4, -0.2) is 12.6 Å². The normalized spacial score (nSPS) is 18.4. The summed E-state index contributed by atoms with van der Waals surface area (Å²) in [6, 6.07) is 17.1. The van der Waals surface area contributed by atoms with E-state index in [2.05, 4.69) is 58.5 Å². The maximum atomic E-state index is 5.96. The minimum Gasteiger partial charge on any atom is -0.488 e. The van der Waals surface area contributed by atoms with E-state index in [1.165, 1.54) is 11.1 Å². The second-order valence-corrected chi connectivity index (χ2v) is 6.15. The molecule has 104 valence electrons. The van der Waals surface area contributed by atoms with E-state index in [-0.39, 0.29) is 6.10 Å². The number of hydrogen-bond acceptors (Lipinski definition) is 2. The van der Waals surface area contributed by atoms with Crippen LogP contribution in [0.15, 0.2) is 53.0 Å². The first-order chi connectivity index (χ1) is 9.72. The molecule has 0 fully saturated rings. The molecule has 0 saturated heterocycles. The van der Waals surface area contributed by atoms with Gasteiger partial charge in [-0.25, -0.2) is 0 Å². The molecule has 1 unspecified atom stereocenters. The zero-order valence-electron chi connectivity index (χ0n) is 11.5. The Morgan fingerprint density at radius 1 is 1.25 bits per heavy atom. The Labute approximate surface area is 128 Å². The van der Waals surface area contributed by atoms with Crippen LogP contribution in [0.25, 0.3) is 0 Å². The van der Waals surface area contributed by atoms with Crippen molar-refractivity contribution in [3.05, 3.63) is 64.1 Å². The van der Waals surface area contributed by atoms with Crippen LogP contribution in [0.1, 0.15) is 24.1 Å². The third kappa shape index (κ3) is 3.05. The SMILES string of the molecule is C[C@@H](NCC1Cc2cc(Br)ccc2O1)c1ccccc1. The first-order valence-electron chi connectivity index (χ1n) is 6.96. The van der Waals surface area contributed by atoms with Crippen molar-refractivity contribution >= 4 is 15.9 Å². The highest BCUT2D eigenvalue weighted by Crippen LogP contribution is 2.31. The number of hydrogen-bond donors (Lipinski definition) is 1. The summed E-state index contributed by atoms with van der Waals surface area (Å²) in [5.74, 6) is 1.02. The van der Waals surface area contributed by atoms with Crippen LogP contribution in [-0.2, 0) is 6.42 Å². The third-order valence-corrected chi connectivity index (χ3v) is 4.21. The Bertz CT molecular complexity index is 585. The molecule has 0 spiro atoms. The molecule has 2 nitrogen and oxygen atoms in total. The lowest BCUT2D eigenvalue weighted by molar-refractivity contribution is 0.222. The monoisotopic (exact) mass is 331 g/mol. The molecule has 1 N–H and O–H groups in total. The van der Waals surface area contributed by atoms with Gasteiger partial charge in [0.25, 0.3) is 0 Å². The van der Waals surface area contributed by atoms with E-state index in [1.54, 1.807) is 0 Å². The summed E-state index contributed by atoms with van der Waals surface area (Å²) < 4.78 is 7.08. The lowest BCUT2D eigenvalue weighted by Gasteiger charge is -2.17. The average Bonchev–Trinajstić information content (AvgIpc) is 2.87. The molecule has 2 atom stereocenters. The Hall–Kier alpha value is -1.32. The van der Waals surface area contributed by atoms with Crippen molar-refractivity contribution in [1.29, 1.82) is 0 Å². The van der Waals surface area contributed by atoms with Crippen LogP contribution in [0.3, 0.4) is 0 Å². The zero-order chi connectivity index (χ0) is 13.9. The van der Waals surface area contributed by atoms with Gasteiger partial charge < -0.3 is 10.1 Å². The second kappa shape index (κ2) is 5.98. The van der Waals surface area contributed by atoms with Crippen LogP contribution in [0, 0.1) is 0 Å². The molecular formula is C17H18BrNO. The summed E-state index contributed by atoms with van der Waals surface area (Å²) in [4.78, 5) is 0. The molecule has 0 bridgehead atoms. The molecule has 3 rings (SSSR count). The maximum absolute atomic E-state index is 5.96. The average molecular weight is 332 g/mol. The predicted molar refractivity (Wildman–Crippen MR) is 85.1 cm³/mol. The van der Waals surface area contributed by atoms with E-state index in [0.717, 1.165) is 23.2 Å². The molecule has 2 aromatic rings. The molecular weight excluding hydrogens is 314 g/mol. The fraction of sp³-hybridized carbons (Fsp3) is 0.294. The number of nitrogens with one attached hydrogen (secondary N) is 1. The van der Waals surface area contributed by atoms with Gasteiger partial charge in [0, 0.05) is 23.5 Å². The van der Waals surface area contributed by atoms with Gasteiger partial charge in [0.2, 0.25) is 0 Å². The minimum absolute atomic E-state index is 0.227. The van der Waals surface area contributed by atoms with Gasteiger partial charge in [-0.1, -0.05) is 46.3 Å². The fourth-order valence-corrected chi connectivity index (χ4v) is 2.98. The number of ether oxygens (including phenoxy) is 1. The summed E-state index contributed by atoms with van der Waals surface area (Å²) in [6.45, 7) is 3.05. The quantitative estimate of drug-likeness (QED) is 0.910. The highest BCUT2D eigenvalue weighted by molar-refractivity contribution is 9.10. The van der Waals surface area contributed by atoms with Crippen molar-refractivity contribution in [2.75, 3.05) is 6.54 Å². The standard InChI is InChI=1S/C17H18BrNO/c1-12(13-5-3-2-4-6-13)19-11-16-10-14-9-15(18)7-8-17(14)20-16/h2-9,12,16,19H,10-11H2,1H3/t12-,16?/m1/s1. The summed E-state index contributed by atoms with van der Waals surface area (Å²) in [6.07, 6.45) is 1.20. The number of fused-ring (bicyclic) bond motifs is 1. The molecule has 0 aliphatic carbocycles. The molecule has 3 heteroatoms. The lowest BCUT2D eigenvalue weighted by Crippen LogP contribution is -2.31. The first-order valence-corrected chi connectivity index (χ1v) is 7.75. The van der Waals surface area contributed by atoms with Gasteiger partial charge in [-0.3, -0.25) is 0 Å². The topological polar surface area (TPSA) is 21.3 Å². The molecule has 0 radical (unpaired) electrons. The van der Waals surface area contributed by atoms with Gasteiger partial charge in [0.15, 0.2) is 0 Å². The highest BCUT2D eigenvalue weighted by Gasteiger charge is 2.23. The van der Waals surface area contributed by atoms with Gasteiger partial charge in [0.1, 0.15) is 11.9 Å². The van der Waals surface area contributed by atoms with E-state index in [9.17, 15) is 0 Å². The summed E-state index contributed by atoms with van der Waals surface area (Å²) in [5, 5.41) is 3.55. The molecule has 0 saturated carbocycles. The largest absolute Gasteiger partial charge is 0.488 e. The zero-order valence-corrected chi connectivity index (χ0v) is 13.1. The Balaban J connectivity index is 1.56. The predicted octanol–water partition coefficient (Wildman–Crippen LogP) is 4.10. The highest BCUT2D eigenvalue weighted by atomic mass is 79.9. The van der Waals surface area contributed by atoms with Crippen molar-refractivity contribution in [3.63, 3.8) is 0 Å². The molecule has 1 aliphatic heterocycles. The summed E-state index contributed by atoms with van der Waals surface area (Å²) >= 11 is 3.51. The Kier molecular flexibility index (Phi) is 4.08. The van der Waals surface area contributed by atoms with Gasteiger partial charge in [-0.2, -0.15) is 0 Å². The fourth-order valence-electron chi connectivity index (χ4n) is 2.57. The van der Waals surface area contributed by atoms with Crippen LogP contribution in [0.5, 0.6) is 5.75 Å². The van der Waals surface area contributed by atoms with Crippen LogP contribution in [0.2, 0.25) is 0 Å². The van der Waals surface area contributed by atoms with Gasteiger partial charge in [-0.15, -0.1) is 0 Å². The van der Waals surface area contributed by atoms with Crippen molar-refractivity contribution in [3.8, 4) is 5.75 Å². The van der Waals surface area contributed by atoms with Crippen molar-refractivity contribution in [2.24, 2.45) is 0 Å². The van der Waals surface area contributed by atoms with E-state index < -0.39 is 0 Å². The Morgan fingerprint density at radius 2 is 2.05 bits per heavy atom. The van der Waals surface area contributed by atoms with Gasteiger partial charge >= 0.3 is 0 Å². The lowest BCUT2D eigenvalue weighted by atomic mass is 10.1. The molecule has 0 amide bonds.